The number of nitrogens with zero attached hydrogens (tertiary/aromatic N) is 5. The number of halogens is 1. The molecule has 0 aliphatic carbocycles. The molecule has 0 N–H and O–H groups in total. The zero-order chi connectivity index (χ0) is 19.3. The summed E-state index contributed by atoms with van der Waals surface area (Å²) in [6.07, 6.45) is 2.33. The van der Waals surface area contributed by atoms with Crippen LogP contribution in [0.4, 0.5) is 5.95 Å². The first-order valence-electron chi connectivity index (χ1n) is 9.76. The average Bonchev–Trinajstić information content (AvgIpc) is 3.13. The van der Waals surface area contributed by atoms with Gasteiger partial charge in [0.25, 0.3) is 0 Å². The summed E-state index contributed by atoms with van der Waals surface area (Å²) in [6, 6.07) is 14.2. The molecule has 0 radical (unpaired) electrons. The highest BCUT2D eigenvalue weighted by Gasteiger charge is 2.23. The normalized spacial score (nSPS) is 15.6. The number of aryl methyl sites for hydroxylation is 1. The SMILES string of the molecule is Cc1cccc(-c2nnc3c4ccc(Cl)cc4nc(N4CCC(C)CC4)n23)c1. The van der Waals surface area contributed by atoms with Gasteiger partial charge in [0.1, 0.15) is 0 Å². The predicted octanol–water partition coefficient (Wildman–Crippen LogP) is 5.14. The Bertz CT molecular complexity index is 1170. The Morgan fingerprint density at radius 3 is 2.64 bits per heavy atom. The summed E-state index contributed by atoms with van der Waals surface area (Å²) in [6.45, 7) is 6.38. The third-order valence-electron chi connectivity index (χ3n) is 5.63. The molecular formula is C22H22ClN5. The summed E-state index contributed by atoms with van der Waals surface area (Å²) in [4.78, 5) is 7.38. The van der Waals surface area contributed by atoms with Gasteiger partial charge in [0, 0.05) is 29.1 Å². The summed E-state index contributed by atoms with van der Waals surface area (Å²) in [5.74, 6) is 2.48. The van der Waals surface area contributed by atoms with Crippen LogP contribution in [0.25, 0.3) is 27.9 Å². The van der Waals surface area contributed by atoms with Crippen molar-refractivity contribution in [2.24, 2.45) is 5.92 Å². The van der Waals surface area contributed by atoms with Crippen LogP contribution in [-0.2, 0) is 0 Å². The van der Waals surface area contributed by atoms with Gasteiger partial charge in [-0.25, -0.2) is 9.38 Å². The summed E-state index contributed by atoms with van der Waals surface area (Å²) in [7, 11) is 0. The quantitative estimate of drug-likeness (QED) is 0.474. The smallest absolute Gasteiger partial charge is 0.213 e. The van der Waals surface area contributed by atoms with Gasteiger partial charge in [-0.3, -0.25) is 0 Å². The van der Waals surface area contributed by atoms with E-state index in [1.807, 2.05) is 18.2 Å². The Kier molecular flexibility index (Phi) is 4.20. The molecule has 142 valence electrons. The number of benzene rings is 2. The van der Waals surface area contributed by atoms with Crippen molar-refractivity contribution in [3.05, 3.63) is 53.1 Å². The fourth-order valence-electron chi connectivity index (χ4n) is 3.98. The van der Waals surface area contributed by atoms with E-state index < -0.39 is 0 Å². The van der Waals surface area contributed by atoms with E-state index in [2.05, 4.69) is 57.6 Å². The molecule has 1 aliphatic heterocycles. The van der Waals surface area contributed by atoms with Crippen LogP contribution in [0.5, 0.6) is 0 Å². The van der Waals surface area contributed by atoms with Crippen molar-refractivity contribution in [1.29, 1.82) is 0 Å². The van der Waals surface area contributed by atoms with E-state index in [1.165, 1.54) is 18.4 Å². The molecule has 0 unspecified atom stereocenters. The molecule has 5 rings (SSSR count). The molecule has 1 saturated heterocycles. The predicted molar refractivity (Wildman–Crippen MR) is 114 cm³/mol. The molecule has 1 aliphatic rings. The van der Waals surface area contributed by atoms with E-state index in [0.717, 1.165) is 52.9 Å². The van der Waals surface area contributed by atoms with Gasteiger partial charge in [-0.05, 0) is 49.9 Å². The summed E-state index contributed by atoms with van der Waals surface area (Å²) in [5.41, 5.74) is 3.93. The Labute approximate surface area is 169 Å². The standard InChI is InChI=1S/C22H22ClN5/c1-14-8-10-27(11-9-14)22-24-19-13-17(23)6-7-18(19)21-26-25-20(28(21)22)16-5-3-4-15(2)12-16/h3-7,12-14H,8-11H2,1-2H3. The zero-order valence-corrected chi connectivity index (χ0v) is 16.8. The third kappa shape index (κ3) is 2.90. The monoisotopic (exact) mass is 391 g/mol. The lowest BCUT2D eigenvalue weighted by Crippen LogP contribution is -2.34. The molecule has 4 aromatic rings. The van der Waals surface area contributed by atoms with Crippen molar-refractivity contribution in [1.82, 2.24) is 19.6 Å². The lowest BCUT2D eigenvalue weighted by Gasteiger charge is -2.31. The molecule has 6 heteroatoms. The van der Waals surface area contributed by atoms with Crippen molar-refractivity contribution in [2.45, 2.75) is 26.7 Å². The van der Waals surface area contributed by atoms with Gasteiger partial charge < -0.3 is 4.90 Å². The fraction of sp³-hybridized carbons (Fsp3) is 0.318. The Morgan fingerprint density at radius 2 is 1.86 bits per heavy atom. The van der Waals surface area contributed by atoms with Gasteiger partial charge in [-0.15, -0.1) is 10.2 Å². The summed E-state index contributed by atoms with van der Waals surface area (Å²) < 4.78 is 2.11. The van der Waals surface area contributed by atoms with Crippen LogP contribution < -0.4 is 4.90 Å². The molecular weight excluding hydrogens is 370 g/mol. The Balaban J connectivity index is 1.79. The molecule has 5 nitrogen and oxygen atoms in total. The van der Waals surface area contributed by atoms with Crippen molar-refractivity contribution in [3.8, 4) is 11.4 Å². The van der Waals surface area contributed by atoms with E-state index in [0.29, 0.717) is 5.02 Å². The molecule has 0 atom stereocenters. The van der Waals surface area contributed by atoms with Gasteiger partial charge in [-0.1, -0.05) is 42.3 Å². The zero-order valence-electron chi connectivity index (χ0n) is 16.1. The van der Waals surface area contributed by atoms with Crippen LogP contribution in [-0.4, -0.2) is 32.7 Å². The second kappa shape index (κ2) is 6.74. The van der Waals surface area contributed by atoms with Crippen LogP contribution in [0.3, 0.4) is 0 Å². The van der Waals surface area contributed by atoms with Crippen LogP contribution in [0.1, 0.15) is 25.3 Å². The first kappa shape index (κ1) is 17.4. The highest BCUT2D eigenvalue weighted by molar-refractivity contribution is 6.31. The van der Waals surface area contributed by atoms with E-state index in [1.54, 1.807) is 0 Å². The van der Waals surface area contributed by atoms with Gasteiger partial charge >= 0.3 is 0 Å². The number of hydrogen-bond donors (Lipinski definition) is 0. The lowest BCUT2D eigenvalue weighted by atomic mass is 9.99. The maximum Gasteiger partial charge on any atom is 0.213 e. The number of aromatic nitrogens is 4. The molecule has 1 fully saturated rings. The van der Waals surface area contributed by atoms with E-state index in [-0.39, 0.29) is 0 Å². The molecule has 2 aromatic heterocycles. The lowest BCUT2D eigenvalue weighted by molar-refractivity contribution is 0.434. The summed E-state index contributed by atoms with van der Waals surface area (Å²) >= 11 is 6.25. The molecule has 28 heavy (non-hydrogen) atoms. The minimum Gasteiger partial charge on any atom is -0.342 e. The minimum atomic E-state index is 0.681. The number of hydrogen-bond acceptors (Lipinski definition) is 4. The summed E-state index contributed by atoms with van der Waals surface area (Å²) in [5, 5.41) is 10.8. The van der Waals surface area contributed by atoms with Crippen LogP contribution in [0, 0.1) is 12.8 Å². The topological polar surface area (TPSA) is 46.3 Å². The maximum absolute atomic E-state index is 6.25. The number of fused-ring (bicyclic) bond motifs is 3. The van der Waals surface area contributed by atoms with Crippen LogP contribution in [0.15, 0.2) is 42.5 Å². The Hall–Kier alpha value is -2.66. The first-order valence-corrected chi connectivity index (χ1v) is 10.1. The van der Waals surface area contributed by atoms with Crippen molar-refractivity contribution >= 4 is 34.1 Å². The minimum absolute atomic E-state index is 0.681. The Morgan fingerprint density at radius 1 is 1.04 bits per heavy atom. The van der Waals surface area contributed by atoms with Gasteiger partial charge in [0.05, 0.1) is 5.52 Å². The molecule has 2 aromatic carbocycles. The molecule has 0 spiro atoms. The van der Waals surface area contributed by atoms with Crippen LogP contribution >= 0.6 is 11.6 Å². The number of rotatable bonds is 2. The maximum atomic E-state index is 6.25. The molecule has 0 bridgehead atoms. The third-order valence-corrected chi connectivity index (χ3v) is 5.86. The van der Waals surface area contributed by atoms with E-state index in [9.17, 15) is 0 Å². The van der Waals surface area contributed by atoms with E-state index >= 15 is 0 Å². The number of anilines is 1. The average molecular weight is 392 g/mol. The fourth-order valence-corrected chi connectivity index (χ4v) is 4.15. The highest BCUT2D eigenvalue weighted by Crippen LogP contribution is 2.31. The largest absolute Gasteiger partial charge is 0.342 e. The molecule has 0 saturated carbocycles. The first-order chi connectivity index (χ1) is 13.6. The second-order valence-corrected chi connectivity index (χ2v) is 8.23. The van der Waals surface area contributed by atoms with E-state index in [4.69, 9.17) is 16.6 Å². The van der Waals surface area contributed by atoms with Crippen molar-refractivity contribution in [3.63, 3.8) is 0 Å². The number of piperidine rings is 1. The molecule has 3 heterocycles. The van der Waals surface area contributed by atoms with Gasteiger partial charge in [0.2, 0.25) is 5.95 Å². The van der Waals surface area contributed by atoms with Crippen molar-refractivity contribution in [2.75, 3.05) is 18.0 Å². The van der Waals surface area contributed by atoms with Gasteiger partial charge in [-0.2, -0.15) is 0 Å². The van der Waals surface area contributed by atoms with Gasteiger partial charge in [0.15, 0.2) is 11.5 Å². The van der Waals surface area contributed by atoms with Crippen LogP contribution in [0.2, 0.25) is 5.02 Å². The molecule has 0 amide bonds. The van der Waals surface area contributed by atoms with Crippen molar-refractivity contribution < 1.29 is 0 Å². The highest BCUT2D eigenvalue weighted by atomic mass is 35.5. The second-order valence-electron chi connectivity index (χ2n) is 7.79.